The van der Waals surface area contributed by atoms with Gasteiger partial charge in [0.2, 0.25) is 11.8 Å². The second-order valence-corrected chi connectivity index (χ2v) is 6.20. The van der Waals surface area contributed by atoms with E-state index in [9.17, 15) is 9.59 Å². The van der Waals surface area contributed by atoms with Gasteiger partial charge < -0.3 is 15.5 Å². The Kier molecular flexibility index (Phi) is 4.45. The summed E-state index contributed by atoms with van der Waals surface area (Å²) in [6, 6.07) is 0.788. The molecule has 0 aromatic heterocycles. The van der Waals surface area contributed by atoms with E-state index < -0.39 is 6.04 Å². The van der Waals surface area contributed by atoms with Crippen molar-refractivity contribution < 1.29 is 9.59 Å². The van der Waals surface area contributed by atoms with Crippen LogP contribution in [0.1, 0.15) is 39.0 Å². The van der Waals surface area contributed by atoms with Gasteiger partial charge in [-0.25, -0.2) is 0 Å². The predicted octanol–water partition coefficient (Wildman–Crippen LogP) is 0.500. The van der Waals surface area contributed by atoms with Gasteiger partial charge in [-0.15, -0.1) is 0 Å². The zero-order chi connectivity index (χ0) is 14.0. The zero-order valence-electron chi connectivity index (χ0n) is 12.1. The molecule has 19 heavy (non-hydrogen) atoms. The number of carbonyl (C=O) groups is 2. The average Bonchev–Trinajstić information content (AvgIpc) is 2.67. The lowest BCUT2D eigenvalue weighted by Crippen LogP contribution is -2.45. The Labute approximate surface area is 115 Å². The first-order chi connectivity index (χ1) is 8.95. The van der Waals surface area contributed by atoms with Crippen LogP contribution in [0.15, 0.2) is 0 Å². The average molecular weight is 267 g/mol. The molecule has 2 bridgehead atoms. The van der Waals surface area contributed by atoms with Crippen molar-refractivity contribution in [2.45, 2.75) is 57.2 Å². The zero-order valence-corrected chi connectivity index (χ0v) is 12.1. The number of piperidine rings is 1. The number of nitrogens with zero attached hydrogens (tertiary/aromatic N) is 1. The minimum absolute atomic E-state index is 0.00833. The number of hydrogen-bond acceptors (Lipinski definition) is 3. The van der Waals surface area contributed by atoms with Crippen LogP contribution in [0.3, 0.4) is 0 Å². The molecular formula is C14H25N3O2. The van der Waals surface area contributed by atoms with E-state index >= 15 is 0 Å². The van der Waals surface area contributed by atoms with Gasteiger partial charge in [-0.3, -0.25) is 9.59 Å². The molecular weight excluding hydrogens is 242 g/mol. The van der Waals surface area contributed by atoms with Gasteiger partial charge in [0, 0.05) is 32.6 Å². The lowest BCUT2D eigenvalue weighted by Gasteiger charge is -2.29. The normalized spacial score (nSPS) is 30.8. The van der Waals surface area contributed by atoms with Crippen molar-refractivity contribution in [3.8, 4) is 0 Å². The Morgan fingerprint density at radius 3 is 2.37 bits per heavy atom. The fourth-order valence-electron chi connectivity index (χ4n) is 3.35. The van der Waals surface area contributed by atoms with Crippen LogP contribution in [-0.2, 0) is 9.59 Å². The molecule has 2 N–H and O–H groups in total. The summed E-state index contributed by atoms with van der Waals surface area (Å²) in [5.41, 5.74) is 0. The number of likely N-dealkylation sites (N-methyl/N-ethyl adjacent to an activating group) is 1. The number of fused-ring (bicyclic) bond motifs is 2. The maximum absolute atomic E-state index is 12.0. The Hall–Kier alpha value is -1.10. The van der Waals surface area contributed by atoms with Crippen LogP contribution in [-0.4, -0.2) is 48.9 Å². The molecule has 5 nitrogen and oxygen atoms in total. The van der Waals surface area contributed by atoms with Gasteiger partial charge in [-0.1, -0.05) is 0 Å². The minimum atomic E-state index is -0.430. The van der Waals surface area contributed by atoms with Crippen molar-refractivity contribution in [2.75, 3.05) is 14.1 Å². The Morgan fingerprint density at radius 2 is 1.84 bits per heavy atom. The van der Waals surface area contributed by atoms with Crippen molar-refractivity contribution in [3.63, 3.8) is 0 Å². The van der Waals surface area contributed by atoms with E-state index in [1.54, 1.807) is 21.0 Å². The Morgan fingerprint density at radius 1 is 1.26 bits per heavy atom. The molecule has 2 saturated heterocycles. The maximum atomic E-state index is 12.0. The van der Waals surface area contributed by atoms with Crippen LogP contribution < -0.4 is 10.6 Å². The third-order valence-corrected chi connectivity index (χ3v) is 4.23. The largest absolute Gasteiger partial charge is 0.347 e. The summed E-state index contributed by atoms with van der Waals surface area (Å²) in [7, 11) is 3.41. The second-order valence-electron chi connectivity index (χ2n) is 6.20. The highest BCUT2D eigenvalue weighted by molar-refractivity contribution is 5.87. The van der Waals surface area contributed by atoms with Crippen LogP contribution in [0.5, 0.6) is 0 Å². The third-order valence-electron chi connectivity index (χ3n) is 4.23. The summed E-state index contributed by atoms with van der Waals surface area (Å²) in [4.78, 5) is 25.2. The molecule has 2 aliphatic rings. The van der Waals surface area contributed by atoms with E-state index in [1.165, 1.54) is 17.7 Å². The van der Waals surface area contributed by atoms with Crippen molar-refractivity contribution >= 4 is 11.8 Å². The molecule has 5 heteroatoms. The summed E-state index contributed by atoms with van der Waals surface area (Å²) in [5, 5.41) is 6.38. The predicted molar refractivity (Wildman–Crippen MR) is 73.6 cm³/mol. The van der Waals surface area contributed by atoms with Crippen molar-refractivity contribution in [1.29, 1.82) is 0 Å². The van der Waals surface area contributed by atoms with Crippen molar-refractivity contribution in [1.82, 2.24) is 15.5 Å². The highest BCUT2D eigenvalue weighted by Crippen LogP contribution is 2.32. The Balaban J connectivity index is 1.77. The topological polar surface area (TPSA) is 61.4 Å². The van der Waals surface area contributed by atoms with Gasteiger partial charge in [-0.2, -0.15) is 0 Å². The van der Waals surface area contributed by atoms with E-state index in [2.05, 4.69) is 10.6 Å². The molecule has 0 spiro atoms. The van der Waals surface area contributed by atoms with E-state index in [-0.39, 0.29) is 11.8 Å². The quantitative estimate of drug-likeness (QED) is 0.780. The molecule has 2 amide bonds. The summed E-state index contributed by atoms with van der Waals surface area (Å²) >= 11 is 0. The molecule has 2 fully saturated rings. The number of rotatable bonds is 4. The van der Waals surface area contributed by atoms with Gasteiger partial charge in [0.25, 0.3) is 0 Å². The Bertz CT molecular complexity index is 345. The van der Waals surface area contributed by atoms with E-state index in [0.29, 0.717) is 24.4 Å². The van der Waals surface area contributed by atoms with Crippen LogP contribution in [0.4, 0.5) is 0 Å². The fraction of sp³-hybridized carbons (Fsp3) is 0.857. The standard InChI is InChI=1S/C14H25N3O2/c1-9(14(19)17(2)3)15-13(18)8-10-6-11-4-5-12(7-10)16-11/h9-12,16H,4-8H2,1-3H3,(H,15,18). The number of amides is 2. The molecule has 3 atom stereocenters. The van der Waals surface area contributed by atoms with Crippen molar-refractivity contribution in [3.05, 3.63) is 0 Å². The minimum Gasteiger partial charge on any atom is -0.347 e. The molecule has 3 unspecified atom stereocenters. The maximum Gasteiger partial charge on any atom is 0.244 e. The summed E-state index contributed by atoms with van der Waals surface area (Å²) in [6.45, 7) is 1.74. The fourth-order valence-corrected chi connectivity index (χ4v) is 3.35. The SMILES string of the molecule is CC(NC(=O)CC1CC2CCC(C1)N2)C(=O)N(C)C. The first-order valence-corrected chi connectivity index (χ1v) is 7.22. The molecule has 0 aliphatic carbocycles. The first kappa shape index (κ1) is 14.3. The first-order valence-electron chi connectivity index (χ1n) is 7.22. The lowest BCUT2D eigenvalue weighted by molar-refractivity contribution is -0.134. The molecule has 0 saturated carbocycles. The third kappa shape index (κ3) is 3.69. The number of nitrogens with one attached hydrogen (secondary N) is 2. The molecule has 0 radical (unpaired) electrons. The summed E-state index contributed by atoms with van der Waals surface area (Å²) < 4.78 is 0. The summed E-state index contributed by atoms with van der Waals surface area (Å²) in [6.07, 6.45) is 5.25. The van der Waals surface area contributed by atoms with Crippen molar-refractivity contribution in [2.24, 2.45) is 5.92 Å². The van der Waals surface area contributed by atoms with Gasteiger partial charge in [-0.05, 0) is 38.5 Å². The van der Waals surface area contributed by atoms with Crippen LogP contribution in [0.2, 0.25) is 0 Å². The highest BCUT2D eigenvalue weighted by Gasteiger charge is 2.34. The van der Waals surface area contributed by atoms with E-state index in [4.69, 9.17) is 0 Å². The smallest absolute Gasteiger partial charge is 0.244 e. The van der Waals surface area contributed by atoms with E-state index in [0.717, 1.165) is 12.8 Å². The van der Waals surface area contributed by atoms with Crippen LogP contribution in [0, 0.1) is 5.92 Å². The van der Waals surface area contributed by atoms with Crippen LogP contribution >= 0.6 is 0 Å². The van der Waals surface area contributed by atoms with Gasteiger partial charge in [0.1, 0.15) is 6.04 Å². The van der Waals surface area contributed by atoms with Gasteiger partial charge >= 0.3 is 0 Å². The lowest BCUT2D eigenvalue weighted by atomic mass is 9.89. The van der Waals surface area contributed by atoms with Gasteiger partial charge in [0.05, 0.1) is 0 Å². The molecule has 2 heterocycles. The number of hydrogen-bond donors (Lipinski definition) is 2. The second kappa shape index (κ2) is 5.90. The highest BCUT2D eigenvalue weighted by atomic mass is 16.2. The van der Waals surface area contributed by atoms with E-state index in [1.807, 2.05) is 0 Å². The number of carbonyl (C=O) groups excluding carboxylic acids is 2. The van der Waals surface area contributed by atoms with Crippen LogP contribution in [0.25, 0.3) is 0 Å². The molecule has 0 aromatic carbocycles. The summed E-state index contributed by atoms with van der Waals surface area (Å²) in [5.74, 6) is 0.424. The molecule has 2 aliphatic heterocycles. The monoisotopic (exact) mass is 267 g/mol. The molecule has 2 rings (SSSR count). The molecule has 0 aromatic rings. The van der Waals surface area contributed by atoms with Gasteiger partial charge in [0.15, 0.2) is 0 Å². The molecule has 108 valence electrons.